The van der Waals surface area contributed by atoms with Crippen LogP contribution in [0.3, 0.4) is 0 Å². The van der Waals surface area contributed by atoms with Crippen molar-refractivity contribution in [2.24, 2.45) is 0 Å². The van der Waals surface area contributed by atoms with Gasteiger partial charge in [-0.05, 0) is 31.0 Å². The Morgan fingerprint density at radius 2 is 2.22 bits per heavy atom. The van der Waals surface area contributed by atoms with Crippen LogP contribution < -0.4 is 0 Å². The normalized spacial score (nSPS) is 9.56. The van der Waals surface area contributed by atoms with Crippen LogP contribution in [-0.2, 0) is 6.42 Å². The largest absolute Gasteiger partial charge is 0.207 e. The van der Waals surface area contributed by atoms with Gasteiger partial charge >= 0.3 is 0 Å². The molecule has 9 heavy (non-hydrogen) atoms. The second kappa shape index (κ2) is 2.62. The smallest absolute Gasteiger partial charge is 0.123 e. The predicted molar refractivity (Wildman–Crippen MR) is 35.5 cm³/mol. The molecule has 0 aliphatic heterocycles. The number of halogens is 1. The zero-order chi connectivity index (χ0) is 6.69. The van der Waals surface area contributed by atoms with E-state index in [4.69, 9.17) is 0 Å². The second-order valence-electron chi connectivity index (χ2n) is 1.88. The van der Waals surface area contributed by atoms with Gasteiger partial charge in [0.25, 0.3) is 0 Å². The zero-order valence-corrected chi connectivity index (χ0v) is 5.10. The van der Waals surface area contributed by atoms with Crippen molar-refractivity contribution in [3.05, 3.63) is 42.6 Å². The highest BCUT2D eigenvalue weighted by atomic mass is 19.1. The Morgan fingerprint density at radius 1 is 1.44 bits per heavy atom. The molecule has 0 N–H and O–H groups in total. The summed E-state index contributed by atoms with van der Waals surface area (Å²) in [6, 6.07) is 6.47. The van der Waals surface area contributed by atoms with Gasteiger partial charge in [-0.2, -0.15) is 0 Å². The van der Waals surface area contributed by atoms with Gasteiger partial charge in [0.1, 0.15) is 5.82 Å². The highest BCUT2D eigenvalue weighted by Gasteiger charge is 1.89. The van der Waals surface area contributed by atoms with Gasteiger partial charge in [0.15, 0.2) is 0 Å². The van der Waals surface area contributed by atoms with Crippen molar-refractivity contribution in [2.45, 2.75) is 6.42 Å². The first-order chi connectivity index (χ1) is 4.33. The van der Waals surface area contributed by atoms with Crippen molar-refractivity contribution in [1.29, 1.82) is 0 Å². The molecule has 0 unspecified atom stereocenters. The van der Waals surface area contributed by atoms with E-state index in [0.717, 1.165) is 5.56 Å². The fourth-order valence-corrected chi connectivity index (χ4v) is 0.692. The molecular weight excluding hydrogens is 115 g/mol. The minimum absolute atomic E-state index is 0.184. The van der Waals surface area contributed by atoms with Crippen LogP contribution in [0.15, 0.2) is 24.3 Å². The van der Waals surface area contributed by atoms with Gasteiger partial charge in [0, 0.05) is 0 Å². The van der Waals surface area contributed by atoms with E-state index >= 15 is 0 Å². The number of benzene rings is 1. The van der Waals surface area contributed by atoms with Crippen LogP contribution in [0.25, 0.3) is 0 Å². The molecular formula is C8H8F. The van der Waals surface area contributed by atoms with Crippen molar-refractivity contribution in [2.75, 3.05) is 0 Å². The minimum atomic E-state index is -0.184. The fraction of sp³-hybridized carbons (Fsp3) is 0.125. The Balaban J connectivity index is 2.94. The second-order valence-corrected chi connectivity index (χ2v) is 1.88. The monoisotopic (exact) mass is 123 g/mol. The average molecular weight is 123 g/mol. The quantitative estimate of drug-likeness (QED) is 0.537. The highest BCUT2D eigenvalue weighted by Crippen LogP contribution is 2.02. The minimum Gasteiger partial charge on any atom is -0.207 e. The van der Waals surface area contributed by atoms with Crippen molar-refractivity contribution >= 4 is 0 Å². The fourth-order valence-electron chi connectivity index (χ4n) is 0.692. The van der Waals surface area contributed by atoms with E-state index in [1.807, 2.05) is 6.07 Å². The van der Waals surface area contributed by atoms with Gasteiger partial charge < -0.3 is 0 Å². The van der Waals surface area contributed by atoms with Crippen molar-refractivity contribution in [1.82, 2.24) is 0 Å². The van der Waals surface area contributed by atoms with Crippen LogP contribution >= 0.6 is 0 Å². The molecule has 0 atom stereocenters. The summed E-state index contributed by atoms with van der Waals surface area (Å²) in [5.74, 6) is -0.184. The summed E-state index contributed by atoms with van der Waals surface area (Å²) in [4.78, 5) is 0. The van der Waals surface area contributed by atoms with Crippen LogP contribution in [0.4, 0.5) is 4.39 Å². The average Bonchev–Trinajstić information content (AvgIpc) is 1.88. The summed E-state index contributed by atoms with van der Waals surface area (Å²) in [5, 5.41) is 0. The zero-order valence-electron chi connectivity index (χ0n) is 5.10. The van der Waals surface area contributed by atoms with Crippen LogP contribution in [0, 0.1) is 12.7 Å². The van der Waals surface area contributed by atoms with Gasteiger partial charge in [0.2, 0.25) is 0 Å². The lowest BCUT2D eigenvalue weighted by Gasteiger charge is -1.92. The first kappa shape index (κ1) is 6.27. The molecule has 1 radical (unpaired) electrons. The number of hydrogen-bond donors (Lipinski definition) is 0. The summed E-state index contributed by atoms with van der Waals surface area (Å²) in [7, 11) is 0. The molecule has 0 saturated heterocycles. The van der Waals surface area contributed by atoms with E-state index in [9.17, 15) is 4.39 Å². The molecule has 0 spiro atoms. The van der Waals surface area contributed by atoms with Crippen LogP contribution in [-0.4, -0.2) is 0 Å². The van der Waals surface area contributed by atoms with Crippen LogP contribution in [0.1, 0.15) is 5.56 Å². The Morgan fingerprint density at radius 3 is 2.67 bits per heavy atom. The summed E-state index contributed by atoms with van der Waals surface area (Å²) in [5.41, 5.74) is 0.940. The molecule has 0 aliphatic carbocycles. The van der Waals surface area contributed by atoms with E-state index in [1.165, 1.54) is 12.1 Å². The maximum Gasteiger partial charge on any atom is 0.123 e. The van der Waals surface area contributed by atoms with Gasteiger partial charge in [-0.15, -0.1) is 0 Å². The lowest BCUT2D eigenvalue weighted by Crippen LogP contribution is -1.79. The molecule has 0 bridgehead atoms. The Hall–Kier alpha value is -0.850. The van der Waals surface area contributed by atoms with Crippen molar-refractivity contribution in [3.8, 4) is 0 Å². The van der Waals surface area contributed by atoms with Gasteiger partial charge in [-0.3, -0.25) is 0 Å². The van der Waals surface area contributed by atoms with Gasteiger partial charge in [-0.1, -0.05) is 12.1 Å². The topological polar surface area (TPSA) is 0 Å². The number of rotatable bonds is 1. The third-order valence-corrected chi connectivity index (χ3v) is 1.18. The Labute approximate surface area is 54.3 Å². The Kier molecular flexibility index (Phi) is 1.83. The predicted octanol–water partition coefficient (Wildman–Crippen LogP) is 2.20. The molecule has 0 aliphatic rings. The molecule has 47 valence electrons. The summed E-state index contributed by atoms with van der Waals surface area (Å²) < 4.78 is 12.3. The standard InChI is InChI=1S/C8H8F/c1-2-7-4-3-5-8(9)6-7/h3-6H,1-2H2. The molecule has 1 aromatic rings. The molecule has 0 fully saturated rings. The number of hydrogen-bond acceptors (Lipinski definition) is 0. The summed E-state index contributed by atoms with van der Waals surface area (Å²) >= 11 is 0. The maximum absolute atomic E-state index is 12.3. The lowest BCUT2D eigenvalue weighted by atomic mass is 10.2. The maximum atomic E-state index is 12.3. The van der Waals surface area contributed by atoms with Crippen LogP contribution in [0.5, 0.6) is 0 Å². The van der Waals surface area contributed by atoms with E-state index < -0.39 is 0 Å². The van der Waals surface area contributed by atoms with Gasteiger partial charge in [0.05, 0.1) is 0 Å². The van der Waals surface area contributed by atoms with Crippen LogP contribution in [0.2, 0.25) is 0 Å². The molecule has 1 rings (SSSR count). The van der Waals surface area contributed by atoms with Crippen molar-refractivity contribution < 1.29 is 4.39 Å². The first-order valence-corrected chi connectivity index (χ1v) is 2.86. The summed E-state index contributed by atoms with van der Waals surface area (Å²) in [6.45, 7) is 3.63. The van der Waals surface area contributed by atoms with Crippen molar-refractivity contribution in [3.63, 3.8) is 0 Å². The lowest BCUT2D eigenvalue weighted by molar-refractivity contribution is 0.626. The van der Waals surface area contributed by atoms with E-state index in [-0.39, 0.29) is 5.82 Å². The SMILES string of the molecule is [CH2]Cc1cccc(F)c1. The third-order valence-electron chi connectivity index (χ3n) is 1.18. The molecule has 0 saturated carbocycles. The molecule has 0 heterocycles. The van der Waals surface area contributed by atoms with E-state index in [0.29, 0.717) is 6.42 Å². The first-order valence-electron chi connectivity index (χ1n) is 2.86. The molecule has 1 aromatic carbocycles. The summed E-state index contributed by atoms with van der Waals surface area (Å²) in [6.07, 6.45) is 0.651. The molecule has 0 nitrogen and oxygen atoms in total. The molecule has 0 amide bonds. The van der Waals surface area contributed by atoms with Gasteiger partial charge in [-0.25, -0.2) is 4.39 Å². The Bertz CT molecular complexity index is 194. The third kappa shape index (κ3) is 1.53. The van der Waals surface area contributed by atoms with E-state index in [1.54, 1.807) is 6.07 Å². The molecule has 1 heteroatoms. The highest BCUT2D eigenvalue weighted by molar-refractivity contribution is 5.16. The molecule has 0 aromatic heterocycles. The van der Waals surface area contributed by atoms with E-state index in [2.05, 4.69) is 6.92 Å².